The number of amides is 3. The van der Waals surface area contributed by atoms with Gasteiger partial charge in [-0.2, -0.15) is 0 Å². The van der Waals surface area contributed by atoms with Gasteiger partial charge in [-0.1, -0.05) is 56.5 Å². The van der Waals surface area contributed by atoms with Crippen molar-refractivity contribution < 1.29 is 24.6 Å². The molecular weight excluding hydrogens is 930 g/mol. The summed E-state index contributed by atoms with van der Waals surface area (Å²) in [4.78, 5) is 60.0. The summed E-state index contributed by atoms with van der Waals surface area (Å²) in [5.41, 5.74) is 4.50. The fourth-order valence-corrected chi connectivity index (χ4v) is 11.9. The molecule has 2 saturated carbocycles. The van der Waals surface area contributed by atoms with E-state index in [4.69, 9.17) is 28.0 Å². The second-order valence-electron chi connectivity index (χ2n) is 21.8. The van der Waals surface area contributed by atoms with E-state index in [1.54, 1.807) is 18.2 Å². The zero-order chi connectivity index (χ0) is 50.7. The number of aliphatic hydroxyl groups excluding tert-OH is 1. The van der Waals surface area contributed by atoms with Gasteiger partial charge in [-0.25, -0.2) is 9.97 Å². The molecule has 5 fully saturated rings. The van der Waals surface area contributed by atoms with E-state index in [0.29, 0.717) is 35.6 Å². The Kier molecular flexibility index (Phi) is 15.3. The van der Waals surface area contributed by atoms with Crippen LogP contribution in [0.4, 0.5) is 17.5 Å². The minimum atomic E-state index is -0.844. The Bertz CT molecular complexity index is 2610. The predicted octanol–water partition coefficient (Wildman–Crippen LogP) is 6.36. The smallest absolute Gasteiger partial charge is 0.246 e. The molecule has 3 saturated heterocycles. The Balaban J connectivity index is 0.714. The van der Waals surface area contributed by atoms with Crippen molar-refractivity contribution in [1.82, 2.24) is 40.6 Å². The zero-order valence-corrected chi connectivity index (χ0v) is 42.9. The summed E-state index contributed by atoms with van der Waals surface area (Å²) in [6.45, 7) is 13.9. The van der Waals surface area contributed by atoms with Crippen molar-refractivity contribution in [2.24, 2.45) is 16.7 Å². The summed E-state index contributed by atoms with van der Waals surface area (Å²) < 4.78 is 0. The van der Waals surface area contributed by atoms with E-state index in [9.17, 15) is 24.6 Å². The molecule has 2 aliphatic carbocycles. The van der Waals surface area contributed by atoms with Crippen molar-refractivity contribution in [3.05, 3.63) is 82.6 Å². The number of aliphatic hydroxyl groups is 1. The number of nitrogens with one attached hydrogen (secondary N) is 3. The number of phenolic OH excluding ortho intramolecular Hbond substituents is 1. The van der Waals surface area contributed by atoms with Crippen LogP contribution in [0.15, 0.2) is 60.9 Å². The molecule has 2 aromatic heterocycles. The van der Waals surface area contributed by atoms with Crippen molar-refractivity contribution in [3.63, 3.8) is 0 Å². The van der Waals surface area contributed by atoms with Crippen LogP contribution in [0.3, 0.4) is 0 Å². The second-order valence-corrected chi connectivity index (χ2v) is 22.2. The highest BCUT2D eigenvalue weighted by Gasteiger charge is 2.50. The lowest BCUT2D eigenvalue weighted by atomic mass is 9.56. The summed E-state index contributed by atoms with van der Waals surface area (Å²) in [7, 11) is 0. The maximum atomic E-state index is 14.2. The Morgan fingerprint density at radius 3 is 2.25 bits per heavy atom. The van der Waals surface area contributed by atoms with Crippen LogP contribution >= 0.6 is 11.6 Å². The number of carbonyl (C=O) groups is 3. The highest BCUT2D eigenvalue weighted by Crippen LogP contribution is 2.55. The van der Waals surface area contributed by atoms with E-state index in [0.717, 1.165) is 113 Å². The molecule has 0 radical (unpaired) electrons. The third kappa shape index (κ3) is 11.1. The van der Waals surface area contributed by atoms with Crippen LogP contribution in [0, 0.1) is 29.1 Å². The molecule has 3 atom stereocenters. The van der Waals surface area contributed by atoms with Gasteiger partial charge in [-0.05, 0) is 130 Å². The van der Waals surface area contributed by atoms with Crippen LogP contribution in [0.2, 0.25) is 5.02 Å². The lowest BCUT2D eigenvalue weighted by molar-refractivity contribution is -0.145. The number of para-hydroxylation sites is 1. The topological polar surface area (TPSA) is 192 Å². The number of halogens is 1. The number of hydrogen-bond donors (Lipinski definition) is 5. The number of rotatable bonds is 13. The number of anilines is 3. The fourth-order valence-electron chi connectivity index (χ4n) is 11.7. The minimum absolute atomic E-state index is 0.00909. The van der Waals surface area contributed by atoms with E-state index in [-0.39, 0.29) is 59.3 Å². The van der Waals surface area contributed by atoms with Crippen molar-refractivity contribution in [1.29, 1.82) is 0 Å². The molecule has 17 heteroatoms. The summed E-state index contributed by atoms with van der Waals surface area (Å²) in [6, 6.07) is 13.4. The Labute approximate surface area is 428 Å². The first-order valence-corrected chi connectivity index (χ1v) is 26.3. The third-order valence-electron chi connectivity index (χ3n) is 16.1. The summed E-state index contributed by atoms with van der Waals surface area (Å²) >= 11 is 6.21. The number of β-amino-alcohol motifs (C(OH)–C–C–N with tert-alkyl or cyclic N) is 1. The minimum Gasteiger partial charge on any atom is -0.506 e. The molecule has 0 bridgehead atoms. The van der Waals surface area contributed by atoms with Gasteiger partial charge in [0, 0.05) is 87.7 Å². The highest BCUT2D eigenvalue weighted by atomic mass is 35.5. The van der Waals surface area contributed by atoms with Gasteiger partial charge in [0.2, 0.25) is 23.7 Å². The van der Waals surface area contributed by atoms with Gasteiger partial charge in [0.05, 0.1) is 22.5 Å². The average molecular weight is 1000 g/mol. The number of carbonyl (C=O) groups excluding carboxylic acids is 3. The predicted molar refractivity (Wildman–Crippen MR) is 279 cm³/mol. The molecule has 72 heavy (non-hydrogen) atoms. The van der Waals surface area contributed by atoms with Gasteiger partial charge in [0.1, 0.15) is 17.8 Å². The molecule has 382 valence electrons. The molecule has 0 unspecified atom stereocenters. The van der Waals surface area contributed by atoms with Crippen molar-refractivity contribution in [2.45, 2.75) is 122 Å². The van der Waals surface area contributed by atoms with Gasteiger partial charge < -0.3 is 45.8 Å². The van der Waals surface area contributed by atoms with E-state index < -0.39 is 23.6 Å². The molecule has 5 aliphatic rings. The van der Waals surface area contributed by atoms with Crippen molar-refractivity contribution in [2.75, 3.05) is 67.5 Å². The van der Waals surface area contributed by atoms with E-state index in [1.165, 1.54) is 10.5 Å². The van der Waals surface area contributed by atoms with Crippen LogP contribution in [-0.4, -0.2) is 134 Å². The van der Waals surface area contributed by atoms with Crippen LogP contribution in [-0.2, 0) is 20.9 Å². The van der Waals surface area contributed by atoms with E-state index in [2.05, 4.69) is 46.8 Å². The molecule has 2 aromatic carbocycles. The van der Waals surface area contributed by atoms with E-state index >= 15 is 0 Å². The number of piperidine rings is 1. The first kappa shape index (κ1) is 50.9. The lowest BCUT2D eigenvalue weighted by Gasteiger charge is -2.55. The number of benzene rings is 2. The number of phenols is 1. The van der Waals surface area contributed by atoms with Crippen LogP contribution < -0.4 is 25.8 Å². The number of hydrogen-bond acceptors (Lipinski definition) is 13. The van der Waals surface area contributed by atoms with Gasteiger partial charge in [0.25, 0.3) is 0 Å². The Hall–Kier alpha value is -6.02. The van der Waals surface area contributed by atoms with Crippen molar-refractivity contribution >= 4 is 46.8 Å². The SMILES string of the molecule is C#Cc1ccc(CNC(=O)[C@@H]2C[C@@H](O)CN2C(=O)[C@@H](NC(=O)[C@H]2CCC3(CC2)C[C@H](N2CCC(c4cnc(N5CCN(c6cc(-c7cccc(Cl)c7O)nnc6NCC)CC5)nc4)CC2)C3)C(C)(C)C)cc1. The van der Waals surface area contributed by atoms with Crippen molar-refractivity contribution in [3.8, 4) is 29.4 Å². The molecular formula is C55H70ClN11O5. The maximum absolute atomic E-state index is 14.2. The Morgan fingerprint density at radius 1 is 0.917 bits per heavy atom. The summed E-state index contributed by atoms with van der Waals surface area (Å²) in [6.07, 6.45) is 16.9. The van der Waals surface area contributed by atoms with Gasteiger partial charge >= 0.3 is 0 Å². The molecule has 3 aliphatic heterocycles. The molecule has 1 spiro atoms. The molecule has 5 heterocycles. The number of terminal acetylenes is 1. The maximum Gasteiger partial charge on any atom is 0.246 e. The van der Waals surface area contributed by atoms with Crippen LogP contribution in [0.25, 0.3) is 11.3 Å². The quantitative estimate of drug-likeness (QED) is 0.0932. The molecule has 5 N–H and O–H groups in total. The fraction of sp³-hybridized carbons (Fsp3) is 0.545. The zero-order valence-electron chi connectivity index (χ0n) is 42.1. The summed E-state index contributed by atoms with van der Waals surface area (Å²) in [5.74, 6) is 3.51. The Morgan fingerprint density at radius 2 is 1.60 bits per heavy atom. The molecule has 4 aromatic rings. The van der Waals surface area contributed by atoms with Crippen LogP contribution in [0.5, 0.6) is 5.75 Å². The third-order valence-corrected chi connectivity index (χ3v) is 16.4. The molecule has 16 nitrogen and oxygen atoms in total. The lowest BCUT2D eigenvalue weighted by Crippen LogP contribution is -2.59. The number of likely N-dealkylation sites (tertiary alicyclic amines) is 2. The monoisotopic (exact) mass is 1000 g/mol. The molecule has 3 amide bonds. The average Bonchev–Trinajstić information content (AvgIpc) is 3.79. The van der Waals surface area contributed by atoms with Gasteiger partial charge in [-0.15, -0.1) is 16.6 Å². The van der Waals surface area contributed by atoms with E-state index in [1.807, 2.05) is 70.4 Å². The standard InChI is InChI=1S/C55H70ClN11O5/c1-6-35-11-13-36(14-12-35)31-58-51(71)46-27-41(68)34-67(46)52(72)48(54(3,4)5)61-50(70)38-15-19-55(20-16-38)29-40(30-55)64-21-17-37(18-22-64)39-32-59-53(60-33-39)66-25-23-65(24-26-66)45-28-44(62-63-49(45)57-7-2)42-9-8-10-43(56)47(42)69/h1,8-14,28,32-33,37-38,40-41,46,48,68-69H,7,15-27,29-31,34H2,2-5H3,(H,57,63)(H,58,71)(H,61,70)/t38-,40-,41-,46+,48-,55?/m1/s1. The second kappa shape index (κ2) is 21.6. The number of piperazine rings is 1. The number of nitrogens with zero attached hydrogens (tertiary/aromatic N) is 8. The number of aromatic hydroxyl groups is 1. The van der Waals surface area contributed by atoms with Gasteiger partial charge in [-0.3, -0.25) is 14.4 Å². The van der Waals surface area contributed by atoms with Crippen LogP contribution in [0.1, 0.15) is 108 Å². The van der Waals surface area contributed by atoms with Gasteiger partial charge in [0.15, 0.2) is 5.82 Å². The first-order chi connectivity index (χ1) is 34.6. The largest absolute Gasteiger partial charge is 0.506 e. The first-order valence-electron chi connectivity index (χ1n) is 25.9. The summed E-state index contributed by atoms with van der Waals surface area (Å²) in [5, 5.41) is 39.8. The highest BCUT2D eigenvalue weighted by molar-refractivity contribution is 6.32. The number of aromatic nitrogens is 4. The molecule has 9 rings (SSSR count). The normalized spacial score (nSPS) is 24.3.